The highest BCUT2D eigenvalue weighted by Gasteiger charge is 2.51. The lowest BCUT2D eigenvalue weighted by molar-refractivity contribution is -0.136. The van der Waals surface area contributed by atoms with Gasteiger partial charge in [-0.15, -0.1) is 5.01 Å². The highest BCUT2D eigenvalue weighted by atomic mass is 16.6. The van der Waals surface area contributed by atoms with Crippen molar-refractivity contribution in [3.63, 3.8) is 0 Å². The van der Waals surface area contributed by atoms with Crippen LogP contribution in [-0.2, 0) is 15.1 Å². The Labute approximate surface area is 179 Å². The van der Waals surface area contributed by atoms with E-state index in [9.17, 15) is 14.4 Å². The fourth-order valence-electron chi connectivity index (χ4n) is 3.51. The molecule has 1 heterocycles. The van der Waals surface area contributed by atoms with Gasteiger partial charge in [0.1, 0.15) is 5.54 Å². The van der Waals surface area contributed by atoms with Crippen LogP contribution in [0.25, 0.3) is 0 Å². The molecular weight excluding hydrogens is 398 g/mol. The number of hydrogen-bond donors (Lipinski definition) is 1. The Morgan fingerprint density at radius 3 is 2.58 bits per heavy atom. The molecule has 1 aliphatic carbocycles. The van der Waals surface area contributed by atoms with Gasteiger partial charge < -0.3 is 14.8 Å². The first-order valence-electron chi connectivity index (χ1n) is 10.1. The van der Waals surface area contributed by atoms with E-state index in [4.69, 9.17) is 9.47 Å². The number of urea groups is 1. The summed E-state index contributed by atoms with van der Waals surface area (Å²) in [6.45, 7) is 1.84. The standard InChI is InChI=1S/C23H23N3O5/c1-3-23(17-7-5-4-6-8-17)21(28)26(22(29)25-23)24-14-15-9-12-18(19(13-15)30-2)31-20(27)16-10-11-16/h4-9,12-14,16H,3,10-11H2,1-2H3,(H,25,29)/b24-14-/t23-/m1/s1. The van der Waals surface area contributed by atoms with E-state index >= 15 is 0 Å². The van der Waals surface area contributed by atoms with E-state index in [2.05, 4.69) is 10.4 Å². The van der Waals surface area contributed by atoms with E-state index in [-0.39, 0.29) is 11.9 Å². The van der Waals surface area contributed by atoms with Gasteiger partial charge in [0.2, 0.25) is 0 Å². The van der Waals surface area contributed by atoms with E-state index in [0.29, 0.717) is 29.0 Å². The van der Waals surface area contributed by atoms with Crippen LogP contribution in [0.1, 0.15) is 37.3 Å². The fourth-order valence-corrected chi connectivity index (χ4v) is 3.51. The van der Waals surface area contributed by atoms with Crippen molar-refractivity contribution in [3.8, 4) is 11.5 Å². The average Bonchev–Trinajstić information content (AvgIpc) is 3.61. The number of esters is 1. The number of imide groups is 1. The first-order chi connectivity index (χ1) is 15.0. The Balaban J connectivity index is 1.54. The molecule has 31 heavy (non-hydrogen) atoms. The van der Waals surface area contributed by atoms with Gasteiger partial charge in [0, 0.05) is 0 Å². The molecule has 1 N–H and O–H groups in total. The van der Waals surface area contributed by atoms with Gasteiger partial charge in [0.15, 0.2) is 11.5 Å². The Kier molecular flexibility index (Phi) is 5.46. The van der Waals surface area contributed by atoms with Gasteiger partial charge in [0.05, 0.1) is 19.2 Å². The molecule has 8 nitrogen and oxygen atoms in total. The molecule has 1 aliphatic heterocycles. The molecule has 3 amide bonds. The van der Waals surface area contributed by atoms with Gasteiger partial charge in [-0.05, 0) is 48.6 Å². The number of carbonyl (C=O) groups excluding carboxylic acids is 3. The average molecular weight is 421 g/mol. The zero-order valence-corrected chi connectivity index (χ0v) is 17.3. The molecule has 2 fully saturated rings. The van der Waals surface area contributed by atoms with Gasteiger partial charge in [-0.1, -0.05) is 37.3 Å². The number of nitrogens with zero attached hydrogens (tertiary/aromatic N) is 2. The molecule has 1 saturated heterocycles. The number of ether oxygens (including phenoxy) is 2. The Bertz CT molecular complexity index is 1050. The molecule has 2 aliphatic rings. The van der Waals surface area contributed by atoms with E-state index in [1.807, 2.05) is 25.1 Å². The van der Waals surface area contributed by atoms with Crippen molar-refractivity contribution in [3.05, 3.63) is 59.7 Å². The molecule has 4 rings (SSSR count). The van der Waals surface area contributed by atoms with Crippen LogP contribution in [0.2, 0.25) is 0 Å². The summed E-state index contributed by atoms with van der Waals surface area (Å²) in [6.07, 6.45) is 3.48. The van der Waals surface area contributed by atoms with Crippen molar-refractivity contribution in [2.45, 2.75) is 31.7 Å². The van der Waals surface area contributed by atoms with Crippen molar-refractivity contribution >= 4 is 24.1 Å². The second kappa shape index (κ2) is 8.22. The predicted octanol–water partition coefficient (Wildman–Crippen LogP) is 3.20. The molecule has 0 unspecified atom stereocenters. The van der Waals surface area contributed by atoms with Crippen LogP contribution in [0, 0.1) is 5.92 Å². The van der Waals surface area contributed by atoms with Gasteiger partial charge in [-0.3, -0.25) is 9.59 Å². The first kappa shape index (κ1) is 20.6. The summed E-state index contributed by atoms with van der Waals surface area (Å²) in [5, 5.41) is 7.73. The fraction of sp³-hybridized carbons (Fsp3) is 0.304. The normalized spacial score (nSPS) is 20.8. The zero-order chi connectivity index (χ0) is 22.0. The largest absolute Gasteiger partial charge is 0.493 e. The first-order valence-corrected chi connectivity index (χ1v) is 10.1. The Morgan fingerprint density at radius 1 is 1.19 bits per heavy atom. The number of methoxy groups -OCH3 is 1. The summed E-state index contributed by atoms with van der Waals surface area (Å²) in [5.41, 5.74) is 0.142. The molecule has 1 atom stereocenters. The summed E-state index contributed by atoms with van der Waals surface area (Å²) >= 11 is 0. The molecule has 0 aromatic heterocycles. The third-order valence-corrected chi connectivity index (χ3v) is 5.50. The molecule has 0 bridgehead atoms. The van der Waals surface area contributed by atoms with Crippen LogP contribution >= 0.6 is 0 Å². The number of hydrazone groups is 1. The minimum atomic E-state index is -1.14. The molecule has 2 aromatic rings. The minimum absolute atomic E-state index is 0.0333. The van der Waals surface area contributed by atoms with Crippen molar-refractivity contribution < 1.29 is 23.9 Å². The van der Waals surface area contributed by atoms with E-state index in [1.165, 1.54) is 13.3 Å². The van der Waals surface area contributed by atoms with Crippen molar-refractivity contribution in [1.29, 1.82) is 0 Å². The summed E-state index contributed by atoms with van der Waals surface area (Å²) in [4.78, 5) is 37.5. The number of benzene rings is 2. The maximum absolute atomic E-state index is 13.1. The molecule has 0 spiro atoms. The van der Waals surface area contributed by atoms with Crippen LogP contribution in [0.5, 0.6) is 11.5 Å². The maximum Gasteiger partial charge on any atom is 0.346 e. The molecule has 0 radical (unpaired) electrons. The predicted molar refractivity (Wildman–Crippen MR) is 113 cm³/mol. The van der Waals surface area contributed by atoms with Crippen molar-refractivity contribution in [1.82, 2.24) is 10.3 Å². The third kappa shape index (κ3) is 3.88. The summed E-state index contributed by atoms with van der Waals surface area (Å²) in [6, 6.07) is 13.4. The van der Waals surface area contributed by atoms with Gasteiger partial charge in [0.25, 0.3) is 5.91 Å². The Hall–Kier alpha value is -3.68. The van der Waals surface area contributed by atoms with Crippen LogP contribution < -0.4 is 14.8 Å². The summed E-state index contributed by atoms with van der Waals surface area (Å²) in [7, 11) is 1.47. The maximum atomic E-state index is 13.1. The van der Waals surface area contributed by atoms with Gasteiger partial charge >= 0.3 is 12.0 Å². The van der Waals surface area contributed by atoms with E-state index in [0.717, 1.165) is 17.9 Å². The summed E-state index contributed by atoms with van der Waals surface area (Å²) in [5.74, 6) is -0.0580. The van der Waals surface area contributed by atoms with Crippen LogP contribution in [-0.4, -0.2) is 36.2 Å². The highest BCUT2D eigenvalue weighted by Crippen LogP contribution is 2.35. The quantitative estimate of drug-likeness (QED) is 0.320. The van der Waals surface area contributed by atoms with Gasteiger partial charge in [-0.2, -0.15) is 5.10 Å². The SMILES string of the molecule is CC[C@]1(c2ccccc2)NC(=O)N(/N=C\c2ccc(OC(=O)C3CC3)c(OC)c2)C1=O. The lowest BCUT2D eigenvalue weighted by atomic mass is 9.87. The topological polar surface area (TPSA) is 97.3 Å². The van der Waals surface area contributed by atoms with E-state index < -0.39 is 17.5 Å². The number of carbonyl (C=O) groups is 3. The number of hydrogen-bond acceptors (Lipinski definition) is 6. The highest BCUT2D eigenvalue weighted by molar-refractivity contribution is 6.07. The number of rotatable bonds is 7. The van der Waals surface area contributed by atoms with Crippen molar-refractivity contribution in [2.75, 3.05) is 7.11 Å². The molecule has 160 valence electrons. The second-order valence-corrected chi connectivity index (χ2v) is 7.52. The Morgan fingerprint density at radius 2 is 1.94 bits per heavy atom. The van der Waals surface area contributed by atoms with Crippen LogP contribution in [0.15, 0.2) is 53.6 Å². The van der Waals surface area contributed by atoms with Crippen molar-refractivity contribution in [2.24, 2.45) is 11.0 Å². The third-order valence-electron chi connectivity index (χ3n) is 5.50. The monoisotopic (exact) mass is 421 g/mol. The lowest BCUT2D eigenvalue weighted by Gasteiger charge is -2.24. The smallest absolute Gasteiger partial charge is 0.346 e. The van der Waals surface area contributed by atoms with Crippen LogP contribution in [0.4, 0.5) is 4.79 Å². The molecular formula is C23H23N3O5. The number of nitrogens with one attached hydrogen (secondary N) is 1. The molecule has 8 heteroatoms. The molecule has 1 saturated carbocycles. The lowest BCUT2D eigenvalue weighted by Crippen LogP contribution is -2.43. The summed E-state index contributed by atoms with van der Waals surface area (Å²) < 4.78 is 10.7. The zero-order valence-electron chi connectivity index (χ0n) is 17.3. The molecule has 2 aromatic carbocycles. The van der Waals surface area contributed by atoms with E-state index in [1.54, 1.807) is 30.3 Å². The number of amides is 3. The van der Waals surface area contributed by atoms with Crippen LogP contribution in [0.3, 0.4) is 0 Å². The second-order valence-electron chi connectivity index (χ2n) is 7.52. The minimum Gasteiger partial charge on any atom is -0.493 e. The van der Waals surface area contributed by atoms with Gasteiger partial charge in [-0.25, -0.2) is 4.79 Å².